The Morgan fingerprint density at radius 2 is 2.05 bits per heavy atom. The Labute approximate surface area is 110 Å². The number of benzene rings is 1. The first-order valence-electron chi connectivity index (χ1n) is 5.62. The second kappa shape index (κ2) is 6.69. The number of halogens is 1. The lowest BCUT2D eigenvalue weighted by atomic mass is 10.2. The van der Waals surface area contributed by atoms with Gasteiger partial charge in [0.15, 0.2) is 0 Å². The molecule has 1 aromatic carbocycles. The molecule has 0 heterocycles. The number of urea groups is 1. The molecule has 0 unspecified atom stereocenters. The number of hydrogen-bond acceptors (Lipinski definition) is 3. The summed E-state index contributed by atoms with van der Waals surface area (Å²) in [5, 5.41) is 13.6. The summed E-state index contributed by atoms with van der Waals surface area (Å²) >= 11 is 0. The maximum atomic E-state index is 13.4. The first-order valence-corrected chi connectivity index (χ1v) is 5.62. The molecule has 0 saturated heterocycles. The van der Waals surface area contributed by atoms with Crippen LogP contribution in [-0.4, -0.2) is 49.2 Å². The Morgan fingerprint density at radius 3 is 2.63 bits per heavy atom. The van der Waals surface area contributed by atoms with Crippen molar-refractivity contribution in [3.63, 3.8) is 0 Å². The van der Waals surface area contributed by atoms with E-state index in [9.17, 15) is 14.0 Å². The molecule has 3 N–H and O–H groups in total. The summed E-state index contributed by atoms with van der Waals surface area (Å²) in [5.74, 6) is -1.87. The normalized spacial score (nSPS) is 10.3. The van der Waals surface area contributed by atoms with E-state index >= 15 is 0 Å². The highest BCUT2D eigenvalue weighted by atomic mass is 19.1. The predicted molar refractivity (Wildman–Crippen MR) is 68.9 cm³/mol. The van der Waals surface area contributed by atoms with E-state index < -0.39 is 17.8 Å². The molecule has 19 heavy (non-hydrogen) atoms. The van der Waals surface area contributed by atoms with Crippen LogP contribution in [0.25, 0.3) is 0 Å². The number of rotatable bonds is 5. The summed E-state index contributed by atoms with van der Waals surface area (Å²) in [7, 11) is 3.71. The van der Waals surface area contributed by atoms with Crippen molar-refractivity contribution in [2.75, 3.05) is 32.5 Å². The van der Waals surface area contributed by atoms with Gasteiger partial charge in [0.05, 0.1) is 11.3 Å². The SMILES string of the molecule is CN(C)CCNC(=O)Nc1cc(C(=O)O)ccc1F. The van der Waals surface area contributed by atoms with Crippen LogP contribution in [0, 0.1) is 5.82 Å². The summed E-state index contributed by atoms with van der Waals surface area (Å²) in [6, 6.07) is 2.62. The van der Waals surface area contributed by atoms with Crippen molar-refractivity contribution in [1.29, 1.82) is 0 Å². The zero-order valence-electron chi connectivity index (χ0n) is 10.7. The quantitative estimate of drug-likeness (QED) is 0.750. The van der Waals surface area contributed by atoms with E-state index in [1.807, 2.05) is 19.0 Å². The van der Waals surface area contributed by atoms with Crippen LogP contribution in [0.5, 0.6) is 0 Å². The highest BCUT2D eigenvalue weighted by Gasteiger charge is 2.10. The lowest BCUT2D eigenvalue weighted by Gasteiger charge is -2.12. The largest absolute Gasteiger partial charge is 0.478 e. The van der Waals surface area contributed by atoms with Crippen LogP contribution in [0.1, 0.15) is 10.4 Å². The number of likely N-dealkylation sites (N-methyl/N-ethyl adjacent to an activating group) is 1. The molecule has 0 aromatic heterocycles. The Balaban J connectivity index is 2.63. The minimum absolute atomic E-state index is 0.0926. The summed E-state index contributed by atoms with van der Waals surface area (Å²) in [4.78, 5) is 24.1. The van der Waals surface area contributed by atoms with E-state index in [1.165, 1.54) is 0 Å². The van der Waals surface area contributed by atoms with Crippen molar-refractivity contribution in [1.82, 2.24) is 10.2 Å². The van der Waals surface area contributed by atoms with Gasteiger partial charge in [0.2, 0.25) is 0 Å². The lowest BCUT2D eigenvalue weighted by molar-refractivity contribution is 0.0697. The fourth-order valence-electron chi connectivity index (χ4n) is 1.31. The van der Waals surface area contributed by atoms with Gasteiger partial charge in [-0.25, -0.2) is 14.0 Å². The highest BCUT2D eigenvalue weighted by molar-refractivity contribution is 5.93. The van der Waals surface area contributed by atoms with Crippen molar-refractivity contribution < 1.29 is 19.1 Å². The van der Waals surface area contributed by atoms with Crippen LogP contribution in [0.4, 0.5) is 14.9 Å². The van der Waals surface area contributed by atoms with E-state index in [0.29, 0.717) is 13.1 Å². The molecular formula is C12H16FN3O3. The van der Waals surface area contributed by atoms with Crippen LogP contribution in [-0.2, 0) is 0 Å². The number of carboxylic acid groups (broad SMARTS) is 1. The number of amides is 2. The van der Waals surface area contributed by atoms with Crippen molar-refractivity contribution in [2.45, 2.75) is 0 Å². The van der Waals surface area contributed by atoms with Gasteiger partial charge in [-0.05, 0) is 32.3 Å². The fourth-order valence-corrected chi connectivity index (χ4v) is 1.31. The summed E-state index contributed by atoms with van der Waals surface area (Å²) in [6.07, 6.45) is 0. The third kappa shape index (κ3) is 4.92. The Bertz CT molecular complexity index is 477. The van der Waals surface area contributed by atoms with E-state index in [0.717, 1.165) is 18.2 Å². The average molecular weight is 269 g/mol. The standard InChI is InChI=1S/C12H16FN3O3/c1-16(2)6-5-14-12(19)15-10-7-8(11(17)18)3-4-9(10)13/h3-4,7H,5-6H2,1-2H3,(H,17,18)(H2,14,15,19). The van der Waals surface area contributed by atoms with Crippen molar-refractivity contribution in [3.05, 3.63) is 29.6 Å². The first-order chi connectivity index (χ1) is 8.90. The van der Waals surface area contributed by atoms with E-state index in [1.54, 1.807) is 0 Å². The van der Waals surface area contributed by atoms with Gasteiger partial charge in [-0.15, -0.1) is 0 Å². The number of anilines is 1. The van der Waals surface area contributed by atoms with Crippen LogP contribution < -0.4 is 10.6 Å². The smallest absolute Gasteiger partial charge is 0.335 e. The van der Waals surface area contributed by atoms with Crippen LogP contribution in [0.2, 0.25) is 0 Å². The molecule has 7 heteroatoms. The fraction of sp³-hybridized carbons (Fsp3) is 0.333. The predicted octanol–water partition coefficient (Wildman–Crippen LogP) is 1.21. The minimum atomic E-state index is -1.18. The molecular weight excluding hydrogens is 253 g/mol. The third-order valence-corrected chi connectivity index (χ3v) is 2.31. The molecule has 0 aliphatic carbocycles. The van der Waals surface area contributed by atoms with E-state index in [2.05, 4.69) is 10.6 Å². The molecule has 0 aliphatic rings. The number of nitrogens with zero attached hydrogens (tertiary/aromatic N) is 1. The minimum Gasteiger partial charge on any atom is -0.478 e. The number of aromatic carboxylic acids is 1. The van der Waals surface area contributed by atoms with Crippen molar-refractivity contribution >= 4 is 17.7 Å². The highest BCUT2D eigenvalue weighted by Crippen LogP contribution is 2.16. The maximum absolute atomic E-state index is 13.4. The van der Waals surface area contributed by atoms with Gasteiger partial charge in [-0.2, -0.15) is 0 Å². The second-order valence-electron chi connectivity index (χ2n) is 4.18. The molecule has 1 rings (SSSR count). The zero-order chi connectivity index (χ0) is 14.4. The number of carboxylic acids is 1. The molecule has 0 saturated carbocycles. The number of hydrogen-bond donors (Lipinski definition) is 3. The molecule has 0 spiro atoms. The Kier molecular flexibility index (Phi) is 5.25. The van der Waals surface area contributed by atoms with Crippen LogP contribution in [0.3, 0.4) is 0 Å². The van der Waals surface area contributed by atoms with Gasteiger partial charge in [0.25, 0.3) is 0 Å². The third-order valence-electron chi connectivity index (χ3n) is 2.31. The summed E-state index contributed by atoms with van der Waals surface area (Å²) in [5.41, 5.74) is -0.257. The topological polar surface area (TPSA) is 81.7 Å². The van der Waals surface area contributed by atoms with Crippen LogP contribution in [0.15, 0.2) is 18.2 Å². The number of carbonyl (C=O) groups is 2. The zero-order valence-corrected chi connectivity index (χ0v) is 10.7. The maximum Gasteiger partial charge on any atom is 0.335 e. The molecule has 0 bridgehead atoms. The van der Waals surface area contributed by atoms with E-state index in [-0.39, 0.29) is 11.3 Å². The molecule has 2 amide bonds. The molecule has 6 nitrogen and oxygen atoms in total. The van der Waals surface area contributed by atoms with Crippen LogP contribution >= 0.6 is 0 Å². The molecule has 1 aromatic rings. The second-order valence-corrected chi connectivity index (χ2v) is 4.18. The van der Waals surface area contributed by atoms with E-state index in [4.69, 9.17) is 5.11 Å². The Morgan fingerprint density at radius 1 is 1.37 bits per heavy atom. The Hall–Kier alpha value is -2.15. The molecule has 0 radical (unpaired) electrons. The van der Waals surface area contributed by atoms with Crippen molar-refractivity contribution in [2.24, 2.45) is 0 Å². The van der Waals surface area contributed by atoms with Gasteiger partial charge < -0.3 is 20.6 Å². The summed E-state index contributed by atoms with van der Waals surface area (Å²) < 4.78 is 13.4. The molecule has 0 atom stereocenters. The number of nitrogens with one attached hydrogen (secondary N) is 2. The molecule has 0 fully saturated rings. The van der Waals surface area contributed by atoms with Gasteiger partial charge in [0, 0.05) is 13.1 Å². The van der Waals surface area contributed by atoms with Gasteiger partial charge >= 0.3 is 12.0 Å². The van der Waals surface area contributed by atoms with Gasteiger partial charge in [-0.3, -0.25) is 0 Å². The first kappa shape index (κ1) is 14.9. The lowest BCUT2D eigenvalue weighted by Crippen LogP contribution is -2.34. The average Bonchev–Trinajstić information content (AvgIpc) is 2.31. The number of carbonyl (C=O) groups excluding carboxylic acids is 1. The van der Waals surface area contributed by atoms with Gasteiger partial charge in [0.1, 0.15) is 5.82 Å². The molecule has 104 valence electrons. The monoisotopic (exact) mass is 269 g/mol. The molecule has 0 aliphatic heterocycles. The van der Waals surface area contributed by atoms with Crippen molar-refractivity contribution in [3.8, 4) is 0 Å². The van der Waals surface area contributed by atoms with Gasteiger partial charge in [-0.1, -0.05) is 0 Å². The summed E-state index contributed by atoms with van der Waals surface area (Å²) in [6.45, 7) is 1.05.